The van der Waals surface area contributed by atoms with Crippen molar-refractivity contribution < 1.29 is 9.53 Å². The first-order valence-electron chi connectivity index (χ1n) is 7.09. The first-order chi connectivity index (χ1) is 10.4. The summed E-state index contributed by atoms with van der Waals surface area (Å²) in [6.45, 7) is 5.63. The van der Waals surface area contributed by atoms with Crippen LogP contribution in [0.1, 0.15) is 19.4 Å². The highest BCUT2D eigenvalue weighted by Crippen LogP contribution is 2.33. The molecule has 2 atom stereocenters. The van der Waals surface area contributed by atoms with Crippen LogP contribution in [0.25, 0.3) is 11.3 Å². The predicted octanol–water partition coefficient (Wildman–Crippen LogP) is 3.05. The lowest BCUT2D eigenvalue weighted by Crippen LogP contribution is -2.34. The molecule has 22 heavy (non-hydrogen) atoms. The molecule has 0 saturated carbocycles. The van der Waals surface area contributed by atoms with E-state index in [1.807, 2.05) is 37.4 Å². The van der Waals surface area contributed by atoms with Gasteiger partial charge in [-0.3, -0.25) is 4.79 Å². The molecule has 0 aliphatic heterocycles. The Kier molecular flexibility index (Phi) is 5.15. The number of nitrogens with zero attached hydrogens (tertiary/aromatic N) is 1. The molecule has 1 aromatic carbocycles. The number of aryl methyl sites for hydroxylation is 1. The first kappa shape index (κ1) is 16.5. The van der Waals surface area contributed by atoms with Crippen molar-refractivity contribution in [1.29, 1.82) is 0 Å². The van der Waals surface area contributed by atoms with E-state index in [1.54, 1.807) is 14.0 Å². The Bertz CT molecular complexity index is 667. The average Bonchev–Trinajstić information content (AvgIpc) is 2.94. The molecule has 2 unspecified atom stereocenters. The zero-order chi connectivity index (χ0) is 16.3. The van der Waals surface area contributed by atoms with E-state index in [4.69, 9.17) is 10.5 Å². The fourth-order valence-corrected chi connectivity index (χ4v) is 2.65. The molecule has 2 aromatic rings. The van der Waals surface area contributed by atoms with Crippen LogP contribution in [0.15, 0.2) is 23.6 Å². The molecule has 6 heteroatoms. The molecule has 1 amide bonds. The molecular formula is C16H21N3O2S. The van der Waals surface area contributed by atoms with Gasteiger partial charge in [-0.05, 0) is 26.0 Å². The number of benzene rings is 1. The molecule has 0 bridgehead atoms. The number of carbonyl (C=O) groups excluding carboxylic acids is 1. The molecule has 0 aliphatic rings. The number of nitrogens with one attached hydrogen (secondary N) is 1. The summed E-state index contributed by atoms with van der Waals surface area (Å²) < 4.78 is 5.38. The first-order valence-corrected chi connectivity index (χ1v) is 7.97. The highest BCUT2D eigenvalue weighted by molar-refractivity contribution is 7.14. The Balaban J connectivity index is 2.22. The van der Waals surface area contributed by atoms with Gasteiger partial charge in [-0.1, -0.05) is 18.6 Å². The molecule has 0 aliphatic carbocycles. The van der Waals surface area contributed by atoms with Crippen LogP contribution in [-0.2, 0) is 4.79 Å². The van der Waals surface area contributed by atoms with Crippen LogP contribution in [-0.4, -0.2) is 24.0 Å². The molecule has 0 fully saturated rings. The molecule has 1 aromatic heterocycles. The number of nitrogens with two attached hydrogens (primary N) is 1. The highest BCUT2D eigenvalue weighted by atomic mass is 32.1. The number of rotatable bonds is 5. The largest absolute Gasteiger partial charge is 0.496 e. The minimum absolute atomic E-state index is 0.118. The summed E-state index contributed by atoms with van der Waals surface area (Å²) in [5.74, 6) is 0.380. The van der Waals surface area contributed by atoms with Crippen molar-refractivity contribution in [2.75, 3.05) is 12.4 Å². The maximum Gasteiger partial charge on any atom is 0.230 e. The van der Waals surface area contributed by atoms with Gasteiger partial charge in [-0.2, -0.15) is 0 Å². The molecule has 118 valence electrons. The van der Waals surface area contributed by atoms with E-state index < -0.39 is 0 Å². The fraction of sp³-hybridized carbons (Fsp3) is 0.375. The van der Waals surface area contributed by atoms with Gasteiger partial charge in [0.1, 0.15) is 5.75 Å². The number of hydrogen-bond acceptors (Lipinski definition) is 5. The van der Waals surface area contributed by atoms with Gasteiger partial charge in [0.25, 0.3) is 0 Å². The lowest BCUT2D eigenvalue weighted by molar-refractivity contribution is -0.119. The Hall–Kier alpha value is -1.92. The van der Waals surface area contributed by atoms with E-state index in [-0.39, 0.29) is 17.9 Å². The minimum atomic E-state index is -0.263. The number of carbonyl (C=O) groups is 1. The molecule has 2 rings (SSSR count). The van der Waals surface area contributed by atoms with Gasteiger partial charge in [0.05, 0.1) is 18.7 Å². The Labute approximate surface area is 134 Å². The van der Waals surface area contributed by atoms with Crippen molar-refractivity contribution in [2.45, 2.75) is 26.8 Å². The SMILES string of the molecule is COc1ccc(C)cc1-c1csc(NC(=O)C(C)C(C)N)n1. The smallest absolute Gasteiger partial charge is 0.230 e. The monoisotopic (exact) mass is 319 g/mol. The quantitative estimate of drug-likeness (QED) is 0.888. The predicted molar refractivity (Wildman–Crippen MR) is 90.3 cm³/mol. The Morgan fingerprint density at radius 3 is 2.77 bits per heavy atom. The second-order valence-electron chi connectivity index (χ2n) is 5.38. The van der Waals surface area contributed by atoms with E-state index in [9.17, 15) is 4.79 Å². The van der Waals surface area contributed by atoms with Crippen LogP contribution in [0.3, 0.4) is 0 Å². The summed E-state index contributed by atoms with van der Waals surface area (Å²) in [6.07, 6.45) is 0. The van der Waals surface area contributed by atoms with Crippen LogP contribution in [0.4, 0.5) is 5.13 Å². The van der Waals surface area contributed by atoms with Crippen molar-refractivity contribution >= 4 is 22.4 Å². The van der Waals surface area contributed by atoms with Crippen molar-refractivity contribution in [2.24, 2.45) is 11.7 Å². The van der Waals surface area contributed by atoms with E-state index in [0.29, 0.717) is 5.13 Å². The van der Waals surface area contributed by atoms with Crippen LogP contribution in [0.2, 0.25) is 0 Å². The lowest BCUT2D eigenvalue weighted by Gasteiger charge is -2.13. The summed E-state index contributed by atoms with van der Waals surface area (Å²) in [4.78, 5) is 16.5. The third kappa shape index (κ3) is 3.64. The molecule has 0 spiro atoms. The maximum atomic E-state index is 12.0. The minimum Gasteiger partial charge on any atom is -0.496 e. The Morgan fingerprint density at radius 1 is 1.41 bits per heavy atom. The van der Waals surface area contributed by atoms with Gasteiger partial charge in [-0.25, -0.2) is 4.98 Å². The zero-order valence-electron chi connectivity index (χ0n) is 13.2. The molecule has 1 heterocycles. The maximum absolute atomic E-state index is 12.0. The van der Waals surface area contributed by atoms with Gasteiger partial charge in [-0.15, -0.1) is 11.3 Å². The van der Waals surface area contributed by atoms with Gasteiger partial charge in [0, 0.05) is 17.0 Å². The van der Waals surface area contributed by atoms with E-state index in [1.165, 1.54) is 11.3 Å². The highest BCUT2D eigenvalue weighted by Gasteiger charge is 2.19. The van der Waals surface area contributed by atoms with E-state index in [0.717, 1.165) is 22.6 Å². The third-order valence-corrected chi connectivity index (χ3v) is 4.33. The van der Waals surface area contributed by atoms with Crippen LogP contribution in [0.5, 0.6) is 5.75 Å². The number of hydrogen-bond donors (Lipinski definition) is 2. The van der Waals surface area contributed by atoms with Crippen LogP contribution < -0.4 is 15.8 Å². The van der Waals surface area contributed by atoms with Gasteiger partial charge in [0.15, 0.2) is 5.13 Å². The molecule has 0 radical (unpaired) electrons. The van der Waals surface area contributed by atoms with Crippen LogP contribution >= 0.6 is 11.3 Å². The van der Waals surface area contributed by atoms with Crippen LogP contribution in [0, 0.1) is 12.8 Å². The van der Waals surface area contributed by atoms with Crippen molar-refractivity contribution in [3.63, 3.8) is 0 Å². The number of methoxy groups -OCH3 is 1. The molecule has 0 saturated heterocycles. The summed E-state index contributed by atoms with van der Waals surface area (Å²) in [5, 5.41) is 5.28. The average molecular weight is 319 g/mol. The summed E-state index contributed by atoms with van der Waals surface area (Å²) in [5.41, 5.74) is 8.57. The third-order valence-electron chi connectivity index (χ3n) is 3.57. The molecule has 5 nitrogen and oxygen atoms in total. The van der Waals surface area contributed by atoms with Crippen molar-refractivity contribution in [3.8, 4) is 17.0 Å². The topological polar surface area (TPSA) is 77.2 Å². The van der Waals surface area contributed by atoms with Gasteiger partial charge in [0.2, 0.25) is 5.91 Å². The van der Waals surface area contributed by atoms with E-state index >= 15 is 0 Å². The summed E-state index contributed by atoms with van der Waals surface area (Å²) in [7, 11) is 1.63. The number of anilines is 1. The van der Waals surface area contributed by atoms with Gasteiger partial charge >= 0.3 is 0 Å². The Morgan fingerprint density at radius 2 is 2.14 bits per heavy atom. The fourth-order valence-electron chi connectivity index (χ4n) is 1.93. The molecular weight excluding hydrogens is 298 g/mol. The standard InChI is InChI=1S/C16H21N3O2S/c1-9-5-6-14(21-4)12(7-9)13-8-22-16(18-13)19-15(20)10(2)11(3)17/h5-8,10-11H,17H2,1-4H3,(H,18,19,20). The van der Waals surface area contributed by atoms with Crippen molar-refractivity contribution in [1.82, 2.24) is 4.98 Å². The summed E-state index contributed by atoms with van der Waals surface area (Å²) >= 11 is 1.39. The normalized spacial score (nSPS) is 13.5. The second kappa shape index (κ2) is 6.89. The second-order valence-corrected chi connectivity index (χ2v) is 6.24. The number of amides is 1. The van der Waals surface area contributed by atoms with E-state index in [2.05, 4.69) is 10.3 Å². The summed E-state index contributed by atoms with van der Waals surface area (Å²) in [6, 6.07) is 5.72. The number of ether oxygens (including phenoxy) is 1. The van der Waals surface area contributed by atoms with Gasteiger partial charge < -0.3 is 15.8 Å². The zero-order valence-corrected chi connectivity index (χ0v) is 14.0. The number of thiazole rings is 1. The lowest BCUT2D eigenvalue weighted by atomic mass is 10.0. The molecule has 3 N–H and O–H groups in total. The van der Waals surface area contributed by atoms with Crippen molar-refractivity contribution in [3.05, 3.63) is 29.1 Å². The number of aromatic nitrogens is 1.